The molecule has 0 bridgehead atoms. The normalized spacial score (nSPS) is 25.1. The summed E-state index contributed by atoms with van der Waals surface area (Å²) in [4.78, 5) is 34.1. The average Bonchev–Trinajstić information content (AvgIpc) is 3.19. The summed E-state index contributed by atoms with van der Waals surface area (Å²) in [6, 6.07) is 10.2. The Labute approximate surface area is 172 Å². The lowest BCUT2D eigenvalue weighted by Gasteiger charge is -2.33. The van der Waals surface area contributed by atoms with Crippen LogP contribution in [0, 0.1) is 5.92 Å². The molecule has 2 aliphatic rings. The molecule has 6 heteroatoms. The summed E-state index contributed by atoms with van der Waals surface area (Å²) in [5, 5.41) is 5.16. The Kier molecular flexibility index (Phi) is 5.81. The lowest BCUT2D eigenvalue weighted by atomic mass is 9.85. The molecule has 2 fully saturated rings. The zero-order valence-corrected chi connectivity index (χ0v) is 17.3. The second kappa shape index (κ2) is 8.49. The first-order chi connectivity index (χ1) is 14.0. The minimum atomic E-state index is -0.128. The molecule has 1 aliphatic carbocycles. The van der Waals surface area contributed by atoms with Crippen LogP contribution in [0.15, 0.2) is 36.5 Å². The van der Waals surface area contributed by atoms with Gasteiger partial charge in [-0.05, 0) is 57.1 Å². The van der Waals surface area contributed by atoms with Crippen molar-refractivity contribution >= 4 is 22.6 Å². The van der Waals surface area contributed by atoms with Crippen molar-refractivity contribution in [2.24, 2.45) is 5.92 Å². The molecule has 1 aliphatic heterocycles. The van der Waals surface area contributed by atoms with Crippen LogP contribution < -0.4 is 5.32 Å². The van der Waals surface area contributed by atoms with Crippen LogP contribution in [0.1, 0.15) is 42.6 Å². The van der Waals surface area contributed by atoms with E-state index in [-0.39, 0.29) is 23.8 Å². The number of fused-ring (bicyclic) bond motifs is 1. The number of carbonyl (C=O) groups is 2. The number of likely N-dealkylation sites (tertiary alicyclic amines) is 1. The number of hydrogen-bond donors (Lipinski definition) is 1. The fraction of sp³-hybridized carbons (Fsp3) is 0.522. The zero-order chi connectivity index (χ0) is 20.4. The number of aromatic nitrogens is 1. The van der Waals surface area contributed by atoms with E-state index in [1.54, 1.807) is 6.20 Å². The van der Waals surface area contributed by atoms with E-state index in [1.807, 2.05) is 42.3 Å². The van der Waals surface area contributed by atoms with E-state index in [2.05, 4.69) is 22.2 Å². The van der Waals surface area contributed by atoms with E-state index in [9.17, 15) is 9.59 Å². The van der Waals surface area contributed by atoms with Gasteiger partial charge in [-0.2, -0.15) is 0 Å². The van der Waals surface area contributed by atoms with Gasteiger partial charge < -0.3 is 15.1 Å². The number of carbonyl (C=O) groups excluding carboxylic acids is 2. The molecule has 1 N–H and O–H groups in total. The summed E-state index contributed by atoms with van der Waals surface area (Å²) in [7, 11) is 4.06. The summed E-state index contributed by atoms with van der Waals surface area (Å²) in [5.41, 5.74) is 0.451. The molecule has 29 heavy (non-hydrogen) atoms. The number of nitrogens with zero attached hydrogens (tertiary/aromatic N) is 3. The molecule has 0 spiro atoms. The number of likely N-dealkylation sites (N-methyl/N-ethyl adjacent to an activating group) is 2. The number of hydrogen-bond acceptors (Lipinski definition) is 4. The molecule has 2 heterocycles. The van der Waals surface area contributed by atoms with E-state index in [1.165, 1.54) is 0 Å². The first-order valence-electron chi connectivity index (χ1n) is 10.6. The number of benzene rings is 1. The van der Waals surface area contributed by atoms with Crippen molar-refractivity contribution in [3.8, 4) is 0 Å². The van der Waals surface area contributed by atoms with Crippen LogP contribution in [0.5, 0.6) is 0 Å². The van der Waals surface area contributed by atoms with Crippen molar-refractivity contribution in [3.05, 3.63) is 42.2 Å². The van der Waals surface area contributed by atoms with E-state index in [4.69, 9.17) is 0 Å². The van der Waals surface area contributed by atoms with Gasteiger partial charge in [0, 0.05) is 43.2 Å². The summed E-state index contributed by atoms with van der Waals surface area (Å²) in [5.74, 6) is 0.223. The summed E-state index contributed by atoms with van der Waals surface area (Å²) in [6.45, 7) is 2.02. The fourth-order valence-electron chi connectivity index (χ4n) is 4.65. The van der Waals surface area contributed by atoms with Gasteiger partial charge in [0.2, 0.25) is 5.91 Å². The summed E-state index contributed by atoms with van der Waals surface area (Å²) < 4.78 is 0. The van der Waals surface area contributed by atoms with Crippen molar-refractivity contribution in [2.45, 2.75) is 44.2 Å². The van der Waals surface area contributed by atoms with Crippen LogP contribution in [0.25, 0.3) is 10.8 Å². The quantitative estimate of drug-likeness (QED) is 0.866. The Morgan fingerprint density at radius 1 is 1.10 bits per heavy atom. The molecule has 1 aromatic carbocycles. The van der Waals surface area contributed by atoms with Gasteiger partial charge in [0.1, 0.15) is 5.69 Å². The van der Waals surface area contributed by atoms with Gasteiger partial charge in [0.15, 0.2) is 0 Å². The highest BCUT2D eigenvalue weighted by Crippen LogP contribution is 2.27. The maximum Gasteiger partial charge on any atom is 0.270 e. The Bertz CT molecular complexity index is 891. The van der Waals surface area contributed by atoms with Crippen LogP contribution in [-0.2, 0) is 4.79 Å². The number of pyridine rings is 1. The third-order valence-corrected chi connectivity index (χ3v) is 6.54. The monoisotopic (exact) mass is 394 g/mol. The lowest BCUT2D eigenvalue weighted by molar-refractivity contribution is -0.137. The van der Waals surface area contributed by atoms with Crippen LogP contribution in [0.3, 0.4) is 0 Å². The Hall–Kier alpha value is -2.47. The highest BCUT2D eigenvalue weighted by atomic mass is 16.2. The van der Waals surface area contributed by atoms with Crippen LogP contribution in [-0.4, -0.2) is 65.9 Å². The second-order valence-electron chi connectivity index (χ2n) is 8.59. The lowest BCUT2D eigenvalue weighted by Crippen LogP contribution is -2.45. The van der Waals surface area contributed by atoms with Gasteiger partial charge in [-0.3, -0.25) is 14.6 Å². The highest BCUT2D eigenvalue weighted by Gasteiger charge is 2.33. The van der Waals surface area contributed by atoms with Gasteiger partial charge >= 0.3 is 0 Å². The van der Waals surface area contributed by atoms with Gasteiger partial charge in [-0.25, -0.2) is 0 Å². The number of rotatable bonds is 4. The smallest absolute Gasteiger partial charge is 0.270 e. The predicted molar refractivity (Wildman–Crippen MR) is 114 cm³/mol. The minimum Gasteiger partial charge on any atom is -0.348 e. The van der Waals surface area contributed by atoms with Crippen molar-refractivity contribution in [3.63, 3.8) is 0 Å². The SMILES string of the molecule is CN1CCC(N(C)C(=O)C2CCC(NC(=O)c3cc4ccccc4cn3)CC2)C1. The zero-order valence-electron chi connectivity index (χ0n) is 17.3. The second-order valence-corrected chi connectivity index (χ2v) is 8.59. The molecular weight excluding hydrogens is 364 g/mol. The van der Waals surface area contributed by atoms with Crippen LogP contribution in [0.4, 0.5) is 0 Å². The Morgan fingerprint density at radius 2 is 1.83 bits per heavy atom. The van der Waals surface area contributed by atoms with E-state index in [0.717, 1.165) is 56.0 Å². The van der Waals surface area contributed by atoms with E-state index < -0.39 is 0 Å². The Morgan fingerprint density at radius 3 is 2.52 bits per heavy atom. The standard InChI is InChI=1S/C23H30N4O2/c1-26-12-11-20(15-26)27(2)23(29)16-7-9-19(10-8-16)25-22(28)21-13-17-5-3-4-6-18(17)14-24-21/h3-6,13-14,16,19-20H,7-12,15H2,1-2H3,(H,25,28). The molecule has 2 aromatic rings. The molecule has 1 unspecified atom stereocenters. The van der Waals surface area contributed by atoms with Crippen LogP contribution in [0.2, 0.25) is 0 Å². The van der Waals surface area contributed by atoms with E-state index >= 15 is 0 Å². The number of amides is 2. The molecule has 1 aromatic heterocycles. The summed E-state index contributed by atoms with van der Waals surface area (Å²) >= 11 is 0. The molecule has 4 rings (SSSR count). The van der Waals surface area contributed by atoms with Crippen molar-refractivity contribution < 1.29 is 9.59 Å². The van der Waals surface area contributed by atoms with Crippen LogP contribution >= 0.6 is 0 Å². The van der Waals surface area contributed by atoms with E-state index in [0.29, 0.717) is 11.7 Å². The molecule has 1 saturated carbocycles. The molecule has 1 saturated heterocycles. The first kappa shape index (κ1) is 19.8. The molecular formula is C23H30N4O2. The summed E-state index contributed by atoms with van der Waals surface area (Å²) in [6.07, 6.45) is 6.16. The van der Waals surface area contributed by atoms with Gasteiger partial charge in [-0.1, -0.05) is 24.3 Å². The van der Waals surface area contributed by atoms with Gasteiger partial charge in [0.05, 0.1) is 0 Å². The molecule has 2 amide bonds. The first-order valence-corrected chi connectivity index (χ1v) is 10.6. The molecule has 6 nitrogen and oxygen atoms in total. The van der Waals surface area contributed by atoms with Crippen molar-refractivity contribution in [1.82, 2.24) is 20.1 Å². The van der Waals surface area contributed by atoms with Crippen molar-refractivity contribution in [2.75, 3.05) is 27.2 Å². The topological polar surface area (TPSA) is 65.5 Å². The van der Waals surface area contributed by atoms with Gasteiger partial charge in [0.25, 0.3) is 5.91 Å². The average molecular weight is 395 g/mol. The van der Waals surface area contributed by atoms with Crippen molar-refractivity contribution in [1.29, 1.82) is 0 Å². The fourth-order valence-corrected chi connectivity index (χ4v) is 4.65. The largest absolute Gasteiger partial charge is 0.348 e. The molecule has 154 valence electrons. The Balaban J connectivity index is 1.30. The van der Waals surface area contributed by atoms with Gasteiger partial charge in [-0.15, -0.1) is 0 Å². The molecule has 0 radical (unpaired) electrons. The maximum absolute atomic E-state index is 12.9. The highest BCUT2D eigenvalue weighted by molar-refractivity contribution is 5.96. The predicted octanol–water partition coefficient (Wildman–Crippen LogP) is 2.69. The minimum absolute atomic E-state index is 0.0813. The number of nitrogens with one attached hydrogen (secondary N) is 1. The maximum atomic E-state index is 12.9. The third-order valence-electron chi connectivity index (χ3n) is 6.54. The third kappa shape index (κ3) is 4.42. The molecule has 1 atom stereocenters.